The lowest BCUT2D eigenvalue weighted by Gasteiger charge is -2.24. The van der Waals surface area contributed by atoms with Crippen molar-refractivity contribution in [2.24, 2.45) is 0 Å². The first-order valence-electron chi connectivity index (χ1n) is 9.10. The first kappa shape index (κ1) is 20.2. The van der Waals surface area contributed by atoms with Gasteiger partial charge in [0.15, 0.2) is 11.5 Å². The lowest BCUT2D eigenvalue weighted by molar-refractivity contribution is 0.0958. The lowest BCUT2D eigenvalue weighted by Crippen LogP contribution is -2.33. The number of amides is 1. The topological polar surface area (TPSA) is 99.6 Å². The van der Waals surface area contributed by atoms with Crippen LogP contribution < -0.4 is 20.3 Å². The monoisotopic (exact) mass is 405 g/mol. The van der Waals surface area contributed by atoms with Crippen LogP contribution in [0.25, 0.3) is 0 Å². The number of aliphatic hydroxyl groups excluding tert-OH is 1. The zero-order valence-corrected chi connectivity index (χ0v) is 16.7. The first-order valence-corrected chi connectivity index (χ1v) is 9.48. The highest BCUT2D eigenvalue weighted by Crippen LogP contribution is 2.27. The maximum Gasteiger partial charge on any atom is 0.273 e. The van der Waals surface area contributed by atoms with Crippen molar-refractivity contribution in [3.63, 3.8) is 0 Å². The van der Waals surface area contributed by atoms with E-state index in [0.717, 1.165) is 24.9 Å². The normalized spacial score (nSPS) is 16.1. The number of anilines is 2. The van der Waals surface area contributed by atoms with Gasteiger partial charge in [0.05, 0.1) is 31.0 Å². The molecular weight excluding hydrogens is 382 g/mol. The molecule has 1 saturated heterocycles. The van der Waals surface area contributed by atoms with Gasteiger partial charge in [-0.05, 0) is 30.5 Å². The van der Waals surface area contributed by atoms with Gasteiger partial charge in [-0.15, -0.1) is 0 Å². The molecule has 8 nitrogen and oxygen atoms in total. The van der Waals surface area contributed by atoms with E-state index in [0.29, 0.717) is 29.0 Å². The summed E-state index contributed by atoms with van der Waals surface area (Å²) in [6, 6.07) is 5.49. The van der Waals surface area contributed by atoms with E-state index >= 15 is 0 Å². The van der Waals surface area contributed by atoms with E-state index in [1.165, 1.54) is 0 Å². The van der Waals surface area contributed by atoms with Crippen molar-refractivity contribution in [2.75, 3.05) is 37.5 Å². The molecule has 1 aliphatic rings. The maximum atomic E-state index is 12.2. The van der Waals surface area contributed by atoms with Gasteiger partial charge in [0.1, 0.15) is 11.6 Å². The molecule has 1 fully saturated rings. The number of nitrogens with one attached hydrogen (secondary N) is 2. The first-order chi connectivity index (χ1) is 13.6. The van der Waals surface area contributed by atoms with E-state index in [1.54, 1.807) is 32.5 Å². The van der Waals surface area contributed by atoms with Crippen molar-refractivity contribution in [2.45, 2.75) is 25.4 Å². The number of benzene rings is 1. The minimum atomic E-state index is -0.325. The zero-order valence-electron chi connectivity index (χ0n) is 15.9. The molecule has 3 N–H and O–H groups in total. The molecular formula is C19H24ClN5O3. The highest BCUT2D eigenvalue weighted by atomic mass is 35.5. The van der Waals surface area contributed by atoms with E-state index in [4.69, 9.17) is 16.3 Å². The number of aromatic nitrogens is 2. The molecule has 1 aromatic carbocycles. The standard InChI is InChI=1S/C19H24ClN5O3/c1-21-19(27)17-18(23-9-12-5-6-15(28-2)14(20)8-12)24-16(10-22-17)25-7-3-4-13(25)11-26/h5-6,8,10,13,26H,3-4,7,9,11H2,1-2H3,(H,21,27)(H,23,24)/t13-/m0/s1. The van der Waals surface area contributed by atoms with Gasteiger partial charge in [-0.2, -0.15) is 0 Å². The molecule has 2 aromatic rings. The average Bonchev–Trinajstić information content (AvgIpc) is 3.20. The molecule has 1 aliphatic heterocycles. The van der Waals surface area contributed by atoms with Crippen LogP contribution in [0.1, 0.15) is 28.9 Å². The number of halogens is 1. The van der Waals surface area contributed by atoms with Crippen LogP contribution >= 0.6 is 11.6 Å². The van der Waals surface area contributed by atoms with Gasteiger partial charge in [0, 0.05) is 20.1 Å². The fourth-order valence-corrected chi connectivity index (χ4v) is 3.54. The predicted molar refractivity (Wildman–Crippen MR) is 108 cm³/mol. The summed E-state index contributed by atoms with van der Waals surface area (Å²) in [5.74, 6) is 1.30. The quantitative estimate of drug-likeness (QED) is 0.648. The Kier molecular flexibility index (Phi) is 6.53. The number of rotatable bonds is 7. The predicted octanol–water partition coefficient (Wildman–Crippen LogP) is 2.07. The van der Waals surface area contributed by atoms with E-state index in [9.17, 15) is 9.90 Å². The molecule has 1 amide bonds. The van der Waals surface area contributed by atoms with Crippen LogP contribution in [0.15, 0.2) is 24.4 Å². The number of hydrogen-bond acceptors (Lipinski definition) is 7. The van der Waals surface area contributed by atoms with Gasteiger partial charge in [0.25, 0.3) is 5.91 Å². The lowest BCUT2D eigenvalue weighted by atomic mass is 10.2. The number of ether oxygens (including phenoxy) is 1. The molecule has 2 heterocycles. The summed E-state index contributed by atoms with van der Waals surface area (Å²) in [7, 11) is 3.11. The van der Waals surface area contributed by atoms with Gasteiger partial charge >= 0.3 is 0 Å². The van der Waals surface area contributed by atoms with Crippen LogP contribution in [-0.2, 0) is 6.54 Å². The third kappa shape index (κ3) is 4.28. The van der Waals surface area contributed by atoms with Crippen LogP contribution in [0, 0.1) is 0 Å². The fourth-order valence-electron chi connectivity index (χ4n) is 3.26. The molecule has 150 valence electrons. The molecule has 0 unspecified atom stereocenters. The molecule has 0 saturated carbocycles. The molecule has 28 heavy (non-hydrogen) atoms. The molecule has 9 heteroatoms. The second-order valence-corrected chi connectivity index (χ2v) is 6.91. The van der Waals surface area contributed by atoms with Crippen LogP contribution in [-0.4, -0.2) is 54.3 Å². The van der Waals surface area contributed by atoms with Gasteiger partial charge < -0.3 is 25.4 Å². The Morgan fingerprint density at radius 2 is 2.29 bits per heavy atom. The zero-order chi connectivity index (χ0) is 20.1. The number of hydrogen-bond donors (Lipinski definition) is 3. The Morgan fingerprint density at radius 1 is 1.46 bits per heavy atom. The van der Waals surface area contributed by atoms with Gasteiger partial charge in [-0.25, -0.2) is 9.97 Å². The van der Waals surface area contributed by atoms with E-state index in [1.807, 2.05) is 11.0 Å². The minimum Gasteiger partial charge on any atom is -0.495 e. The van der Waals surface area contributed by atoms with E-state index in [-0.39, 0.29) is 24.2 Å². The SMILES string of the molecule is CNC(=O)c1ncc(N2CCC[C@H]2CO)nc1NCc1ccc(OC)c(Cl)c1. The van der Waals surface area contributed by atoms with Crippen molar-refractivity contribution < 1.29 is 14.6 Å². The van der Waals surface area contributed by atoms with Crippen molar-refractivity contribution in [1.82, 2.24) is 15.3 Å². The second-order valence-electron chi connectivity index (χ2n) is 6.50. The fraction of sp³-hybridized carbons (Fsp3) is 0.421. The Labute approximate surface area is 168 Å². The smallest absolute Gasteiger partial charge is 0.273 e. The maximum absolute atomic E-state index is 12.2. The summed E-state index contributed by atoms with van der Waals surface area (Å²) in [6.07, 6.45) is 3.47. The number of aliphatic hydroxyl groups is 1. The molecule has 0 aliphatic carbocycles. The summed E-state index contributed by atoms with van der Waals surface area (Å²) in [5.41, 5.74) is 1.13. The Morgan fingerprint density at radius 3 is 2.96 bits per heavy atom. The molecule has 0 spiro atoms. The number of methoxy groups -OCH3 is 1. The summed E-state index contributed by atoms with van der Waals surface area (Å²) in [6.45, 7) is 1.27. The molecule has 0 radical (unpaired) electrons. The third-order valence-electron chi connectivity index (χ3n) is 4.76. The second kappa shape index (κ2) is 9.07. The minimum absolute atomic E-state index is 0.0217. The summed E-state index contributed by atoms with van der Waals surface area (Å²) >= 11 is 6.18. The van der Waals surface area contributed by atoms with Crippen molar-refractivity contribution in [1.29, 1.82) is 0 Å². The van der Waals surface area contributed by atoms with Crippen molar-refractivity contribution in [3.05, 3.63) is 40.7 Å². The van der Waals surface area contributed by atoms with Crippen LogP contribution in [0.5, 0.6) is 5.75 Å². The number of carbonyl (C=O) groups excluding carboxylic acids is 1. The summed E-state index contributed by atoms with van der Waals surface area (Å²) < 4.78 is 5.17. The van der Waals surface area contributed by atoms with Gasteiger partial charge in [0.2, 0.25) is 0 Å². The van der Waals surface area contributed by atoms with Crippen LogP contribution in [0.2, 0.25) is 5.02 Å². The van der Waals surface area contributed by atoms with Crippen molar-refractivity contribution in [3.8, 4) is 5.75 Å². The Bertz CT molecular complexity index is 848. The van der Waals surface area contributed by atoms with E-state index < -0.39 is 0 Å². The highest BCUT2D eigenvalue weighted by Gasteiger charge is 2.26. The summed E-state index contributed by atoms with van der Waals surface area (Å²) in [5, 5.41) is 15.9. The van der Waals surface area contributed by atoms with Gasteiger partial charge in [-0.1, -0.05) is 17.7 Å². The molecule has 0 bridgehead atoms. The average molecular weight is 406 g/mol. The van der Waals surface area contributed by atoms with Gasteiger partial charge in [-0.3, -0.25) is 4.79 Å². The third-order valence-corrected chi connectivity index (χ3v) is 5.06. The Hall–Kier alpha value is -2.58. The number of nitrogens with zero attached hydrogens (tertiary/aromatic N) is 3. The van der Waals surface area contributed by atoms with E-state index in [2.05, 4.69) is 20.6 Å². The molecule has 1 aromatic heterocycles. The van der Waals surface area contributed by atoms with Crippen LogP contribution in [0.3, 0.4) is 0 Å². The molecule has 3 rings (SSSR count). The van der Waals surface area contributed by atoms with Crippen molar-refractivity contribution >= 4 is 29.1 Å². The summed E-state index contributed by atoms with van der Waals surface area (Å²) in [4.78, 5) is 23.1. The van der Waals surface area contributed by atoms with Crippen LogP contribution in [0.4, 0.5) is 11.6 Å². The number of carbonyl (C=O) groups is 1. The highest BCUT2D eigenvalue weighted by molar-refractivity contribution is 6.32. The largest absolute Gasteiger partial charge is 0.495 e. The molecule has 1 atom stereocenters. The Balaban J connectivity index is 1.85.